The molecule has 0 spiro atoms. The average Bonchev–Trinajstić information content (AvgIpc) is 2.82. The summed E-state index contributed by atoms with van der Waals surface area (Å²) in [4.78, 5) is 7.70. The van der Waals surface area contributed by atoms with Gasteiger partial charge in [0.15, 0.2) is 0 Å². The van der Waals surface area contributed by atoms with Gasteiger partial charge in [-0.05, 0) is 24.3 Å². The van der Waals surface area contributed by atoms with Gasteiger partial charge in [0, 0.05) is 10.9 Å². The van der Waals surface area contributed by atoms with Crippen LogP contribution in [0.4, 0.5) is 0 Å². The van der Waals surface area contributed by atoms with E-state index in [0.717, 1.165) is 22.7 Å². The lowest BCUT2D eigenvalue weighted by molar-refractivity contribution is 0.413. The molecule has 0 saturated heterocycles. The van der Waals surface area contributed by atoms with Crippen LogP contribution in [-0.2, 0) is 0 Å². The molecule has 3 rings (SSSR count). The van der Waals surface area contributed by atoms with Crippen LogP contribution in [0.3, 0.4) is 0 Å². The number of aromatic amines is 1. The highest BCUT2D eigenvalue weighted by Gasteiger charge is 2.03. The maximum atomic E-state index is 5.09. The number of fused-ring (bicyclic) bond motifs is 1. The molecule has 3 aromatic rings. The van der Waals surface area contributed by atoms with Crippen LogP contribution in [0.15, 0.2) is 48.7 Å². The van der Waals surface area contributed by atoms with E-state index in [1.165, 1.54) is 5.39 Å². The third-order valence-corrected chi connectivity index (χ3v) is 2.78. The van der Waals surface area contributed by atoms with Gasteiger partial charge in [-0.1, -0.05) is 18.2 Å². The molecule has 0 fully saturated rings. The number of methoxy groups -OCH3 is 1. The Labute approximate surface area is 99.1 Å². The lowest BCUT2D eigenvalue weighted by Gasteiger charge is -2.00. The molecule has 1 N–H and O–H groups in total. The van der Waals surface area contributed by atoms with E-state index < -0.39 is 0 Å². The smallest absolute Gasteiger partial charge is 0.137 e. The second kappa shape index (κ2) is 3.94. The molecule has 0 aliphatic heterocycles. The van der Waals surface area contributed by atoms with Gasteiger partial charge in [-0.2, -0.15) is 0 Å². The Hall–Kier alpha value is -2.29. The summed E-state index contributed by atoms with van der Waals surface area (Å²) >= 11 is 0. The molecule has 0 atom stereocenters. The number of hydrogen-bond donors (Lipinski definition) is 1. The molecule has 0 aliphatic rings. The Kier molecular flexibility index (Phi) is 2.29. The first-order valence-corrected chi connectivity index (χ1v) is 5.45. The van der Waals surface area contributed by atoms with Crippen LogP contribution in [0, 0.1) is 0 Å². The van der Waals surface area contributed by atoms with Gasteiger partial charge >= 0.3 is 0 Å². The maximum Gasteiger partial charge on any atom is 0.137 e. The van der Waals surface area contributed by atoms with E-state index in [1.54, 1.807) is 13.3 Å². The number of rotatable bonds is 2. The van der Waals surface area contributed by atoms with Gasteiger partial charge in [-0.25, -0.2) is 0 Å². The van der Waals surface area contributed by atoms with E-state index in [-0.39, 0.29) is 0 Å². The summed E-state index contributed by atoms with van der Waals surface area (Å²) in [7, 11) is 1.64. The van der Waals surface area contributed by atoms with Crippen LogP contribution >= 0.6 is 0 Å². The third kappa shape index (κ3) is 1.76. The number of aromatic nitrogens is 2. The Balaban J connectivity index is 2.07. The average molecular weight is 224 g/mol. The van der Waals surface area contributed by atoms with Gasteiger partial charge in [0.05, 0.1) is 24.7 Å². The minimum absolute atomic E-state index is 0.768. The lowest BCUT2D eigenvalue weighted by atomic mass is 10.2. The van der Waals surface area contributed by atoms with Gasteiger partial charge in [0.1, 0.15) is 5.75 Å². The summed E-state index contributed by atoms with van der Waals surface area (Å²) in [6.45, 7) is 0. The standard InChI is InChI=1S/C14H12N2O/c1-17-11-6-7-13(15-9-11)14-8-10-4-2-3-5-12(10)16-14/h2-9,16H,1H3. The molecule has 0 unspecified atom stereocenters. The van der Waals surface area contributed by atoms with Crippen molar-refractivity contribution in [3.63, 3.8) is 0 Å². The molecule has 2 aromatic heterocycles. The largest absolute Gasteiger partial charge is 0.495 e. The van der Waals surface area contributed by atoms with E-state index in [4.69, 9.17) is 4.74 Å². The first-order chi connectivity index (χ1) is 8.36. The normalized spacial score (nSPS) is 10.6. The molecular weight excluding hydrogens is 212 g/mol. The predicted molar refractivity (Wildman–Crippen MR) is 68.1 cm³/mol. The van der Waals surface area contributed by atoms with Crippen LogP contribution in [0.25, 0.3) is 22.3 Å². The number of benzene rings is 1. The van der Waals surface area contributed by atoms with Gasteiger partial charge in [0.25, 0.3) is 0 Å². The molecule has 17 heavy (non-hydrogen) atoms. The number of H-pyrrole nitrogens is 1. The van der Waals surface area contributed by atoms with Crippen molar-refractivity contribution in [2.75, 3.05) is 7.11 Å². The number of para-hydroxylation sites is 1. The fraction of sp³-hybridized carbons (Fsp3) is 0.0714. The number of hydrogen-bond acceptors (Lipinski definition) is 2. The fourth-order valence-electron chi connectivity index (χ4n) is 1.87. The number of pyridine rings is 1. The van der Waals surface area contributed by atoms with Gasteiger partial charge in [0.2, 0.25) is 0 Å². The second-order valence-corrected chi connectivity index (χ2v) is 3.85. The summed E-state index contributed by atoms with van der Waals surface area (Å²) in [5.74, 6) is 0.768. The molecule has 2 heterocycles. The minimum Gasteiger partial charge on any atom is -0.495 e. The minimum atomic E-state index is 0.768. The van der Waals surface area contributed by atoms with Crippen molar-refractivity contribution in [2.24, 2.45) is 0 Å². The quantitative estimate of drug-likeness (QED) is 0.725. The maximum absolute atomic E-state index is 5.09. The van der Waals surface area contributed by atoms with Crippen LogP contribution in [-0.4, -0.2) is 17.1 Å². The van der Waals surface area contributed by atoms with Crippen molar-refractivity contribution in [2.45, 2.75) is 0 Å². The van der Waals surface area contributed by atoms with E-state index in [9.17, 15) is 0 Å². The van der Waals surface area contributed by atoms with Crippen LogP contribution in [0.1, 0.15) is 0 Å². The van der Waals surface area contributed by atoms with Gasteiger partial charge in [-0.3, -0.25) is 4.98 Å². The zero-order valence-corrected chi connectivity index (χ0v) is 9.47. The highest BCUT2D eigenvalue weighted by atomic mass is 16.5. The third-order valence-electron chi connectivity index (χ3n) is 2.78. The van der Waals surface area contributed by atoms with Crippen molar-refractivity contribution < 1.29 is 4.74 Å². The molecule has 84 valence electrons. The van der Waals surface area contributed by atoms with E-state index in [1.807, 2.05) is 24.3 Å². The molecular formula is C14H12N2O. The fourth-order valence-corrected chi connectivity index (χ4v) is 1.87. The molecule has 0 bridgehead atoms. The number of ether oxygens (including phenoxy) is 1. The monoisotopic (exact) mass is 224 g/mol. The molecule has 3 nitrogen and oxygen atoms in total. The van der Waals surface area contributed by atoms with E-state index >= 15 is 0 Å². The molecule has 1 aromatic carbocycles. The zero-order chi connectivity index (χ0) is 11.7. The second-order valence-electron chi connectivity index (χ2n) is 3.85. The van der Waals surface area contributed by atoms with Crippen LogP contribution < -0.4 is 4.74 Å². The summed E-state index contributed by atoms with van der Waals surface area (Å²) < 4.78 is 5.09. The molecule has 3 heteroatoms. The summed E-state index contributed by atoms with van der Waals surface area (Å²) in [5.41, 5.74) is 3.07. The van der Waals surface area contributed by atoms with Crippen molar-refractivity contribution in [1.29, 1.82) is 0 Å². The SMILES string of the molecule is COc1ccc(-c2cc3ccccc3[nH]2)nc1. The van der Waals surface area contributed by atoms with E-state index in [0.29, 0.717) is 0 Å². The Morgan fingerprint density at radius 2 is 2.00 bits per heavy atom. The first kappa shape index (κ1) is 9.90. The highest BCUT2D eigenvalue weighted by Crippen LogP contribution is 2.23. The molecule has 0 amide bonds. The predicted octanol–water partition coefficient (Wildman–Crippen LogP) is 3.24. The van der Waals surface area contributed by atoms with Crippen molar-refractivity contribution in [1.82, 2.24) is 9.97 Å². The Morgan fingerprint density at radius 1 is 1.12 bits per heavy atom. The topological polar surface area (TPSA) is 37.9 Å². The molecule has 0 aliphatic carbocycles. The van der Waals surface area contributed by atoms with Crippen molar-refractivity contribution in [3.05, 3.63) is 48.7 Å². The highest BCUT2D eigenvalue weighted by molar-refractivity contribution is 5.85. The first-order valence-electron chi connectivity index (χ1n) is 5.45. The van der Waals surface area contributed by atoms with Crippen molar-refractivity contribution >= 4 is 10.9 Å². The molecule has 0 saturated carbocycles. The van der Waals surface area contributed by atoms with Crippen LogP contribution in [0.2, 0.25) is 0 Å². The summed E-state index contributed by atoms with van der Waals surface area (Å²) in [5, 5.41) is 1.19. The molecule has 0 radical (unpaired) electrons. The summed E-state index contributed by atoms with van der Waals surface area (Å²) in [6, 6.07) is 14.1. The number of nitrogens with one attached hydrogen (secondary N) is 1. The lowest BCUT2D eigenvalue weighted by Crippen LogP contribution is -1.86. The van der Waals surface area contributed by atoms with Gasteiger partial charge < -0.3 is 9.72 Å². The zero-order valence-electron chi connectivity index (χ0n) is 9.47. The van der Waals surface area contributed by atoms with Crippen molar-refractivity contribution in [3.8, 4) is 17.1 Å². The number of nitrogens with zero attached hydrogens (tertiary/aromatic N) is 1. The van der Waals surface area contributed by atoms with Crippen LogP contribution in [0.5, 0.6) is 5.75 Å². The Morgan fingerprint density at radius 3 is 2.71 bits per heavy atom. The van der Waals surface area contributed by atoms with Gasteiger partial charge in [-0.15, -0.1) is 0 Å². The van der Waals surface area contributed by atoms with E-state index in [2.05, 4.69) is 28.2 Å². The Bertz CT molecular complexity index is 608. The summed E-state index contributed by atoms with van der Waals surface area (Å²) in [6.07, 6.45) is 1.72.